The minimum absolute atomic E-state index is 0.185. The number of hydrogen-bond donors (Lipinski definition) is 1. The Morgan fingerprint density at radius 3 is 2.20 bits per heavy atom. The summed E-state index contributed by atoms with van der Waals surface area (Å²) in [6.07, 6.45) is 3.56. The van der Waals surface area contributed by atoms with Gasteiger partial charge in [0.05, 0.1) is 11.4 Å². The molecule has 30 heavy (non-hydrogen) atoms. The molecule has 1 N–H and O–H groups in total. The van der Waals surface area contributed by atoms with Gasteiger partial charge in [-0.15, -0.1) is 0 Å². The molecule has 4 rings (SSSR count). The minimum atomic E-state index is -1.07. The smallest absolute Gasteiger partial charge is 0.251 e. The molecule has 1 amide bonds. The molecule has 0 saturated heterocycles. The van der Waals surface area contributed by atoms with Crippen molar-refractivity contribution in [2.24, 2.45) is 0 Å². The first-order valence-corrected chi connectivity index (χ1v) is 11.1. The van der Waals surface area contributed by atoms with Crippen molar-refractivity contribution < 1.29 is 9.00 Å². The Morgan fingerprint density at radius 2 is 1.57 bits per heavy atom. The molecular formula is C24H21N3O2S. The monoisotopic (exact) mass is 415 g/mol. The first-order valence-electron chi connectivity index (χ1n) is 9.53. The van der Waals surface area contributed by atoms with Crippen molar-refractivity contribution in [3.63, 3.8) is 0 Å². The highest BCUT2D eigenvalue weighted by Gasteiger charge is 2.14. The molecule has 0 fully saturated rings. The number of carbonyl (C=O) groups is 1. The van der Waals surface area contributed by atoms with Gasteiger partial charge in [0.15, 0.2) is 0 Å². The number of carbonyl (C=O) groups excluding carboxylic acids is 1. The van der Waals surface area contributed by atoms with Crippen LogP contribution >= 0.6 is 0 Å². The molecule has 150 valence electrons. The highest BCUT2D eigenvalue weighted by Crippen LogP contribution is 2.23. The second kappa shape index (κ2) is 8.88. The average molecular weight is 416 g/mol. The van der Waals surface area contributed by atoms with Gasteiger partial charge >= 0.3 is 0 Å². The lowest BCUT2D eigenvalue weighted by Gasteiger charge is -2.06. The Kier molecular flexibility index (Phi) is 5.86. The second-order valence-corrected chi connectivity index (χ2v) is 8.19. The van der Waals surface area contributed by atoms with Crippen LogP contribution in [0.2, 0.25) is 0 Å². The fraction of sp³-hybridized carbons (Fsp3) is 0.0833. The zero-order valence-electron chi connectivity index (χ0n) is 16.5. The molecule has 6 heteroatoms. The van der Waals surface area contributed by atoms with Gasteiger partial charge in [-0.1, -0.05) is 48.5 Å². The average Bonchev–Trinajstić information content (AvgIpc) is 3.23. The van der Waals surface area contributed by atoms with Crippen molar-refractivity contribution >= 4 is 16.7 Å². The molecule has 0 aliphatic carbocycles. The fourth-order valence-corrected chi connectivity index (χ4v) is 3.69. The lowest BCUT2D eigenvalue weighted by molar-refractivity contribution is 0.0951. The number of rotatable bonds is 6. The Morgan fingerprint density at radius 1 is 0.933 bits per heavy atom. The summed E-state index contributed by atoms with van der Waals surface area (Å²) >= 11 is 0. The number of aromatic nitrogens is 2. The van der Waals surface area contributed by atoms with Crippen molar-refractivity contribution in [1.82, 2.24) is 15.1 Å². The SMILES string of the molecule is CS(=O)c1ccc(C(=O)NCc2cn(-c3ccccc3)nc2-c2ccccc2)cc1. The Labute approximate surface area is 177 Å². The lowest BCUT2D eigenvalue weighted by Crippen LogP contribution is -2.22. The third kappa shape index (κ3) is 4.39. The predicted octanol–water partition coefficient (Wildman–Crippen LogP) is 4.21. The summed E-state index contributed by atoms with van der Waals surface area (Å²) in [5, 5.41) is 7.73. The molecule has 5 nitrogen and oxygen atoms in total. The summed E-state index contributed by atoms with van der Waals surface area (Å²) in [6, 6.07) is 26.6. The van der Waals surface area contributed by atoms with E-state index in [0.29, 0.717) is 17.0 Å². The number of benzene rings is 3. The molecule has 1 heterocycles. The van der Waals surface area contributed by atoms with E-state index in [2.05, 4.69) is 5.32 Å². The molecule has 0 bridgehead atoms. The number of para-hydroxylation sites is 1. The second-order valence-electron chi connectivity index (χ2n) is 6.81. The topological polar surface area (TPSA) is 64.0 Å². The van der Waals surface area contributed by atoms with Gasteiger partial charge in [-0.25, -0.2) is 4.68 Å². The zero-order chi connectivity index (χ0) is 20.9. The molecule has 0 saturated carbocycles. The molecule has 0 spiro atoms. The van der Waals surface area contributed by atoms with E-state index in [1.54, 1.807) is 30.5 Å². The van der Waals surface area contributed by atoms with E-state index >= 15 is 0 Å². The largest absolute Gasteiger partial charge is 0.348 e. The third-order valence-corrected chi connectivity index (χ3v) is 5.68. The zero-order valence-corrected chi connectivity index (χ0v) is 17.3. The predicted molar refractivity (Wildman–Crippen MR) is 119 cm³/mol. The van der Waals surface area contributed by atoms with Crippen molar-refractivity contribution in [2.75, 3.05) is 6.26 Å². The van der Waals surface area contributed by atoms with Crippen LogP contribution in [0.15, 0.2) is 96.0 Å². The van der Waals surface area contributed by atoms with Crippen LogP contribution in [0.5, 0.6) is 0 Å². The number of amides is 1. The maximum absolute atomic E-state index is 12.6. The van der Waals surface area contributed by atoms with Gasteiger partial charge in [-0.05, 0) is 36.4 Å². The summed E-state index contributed by atoms with van der Waals surface area (Å²) in [7, 11) is -1.07. The molecule has 3 aromatic carbocycles. The van der Waals surface area contributed by atoms with Gasteiger partial charge in [-0.3, -0.25) is 9.00 Å². The van der Waals surface area contributed by atoms with Gasteiger partial charge in [0.2, 0.25) is 0 Å². The fourth-order valence-electron chi connectivity index (χ4n) is 3.17. The molecular weight excluding hydrogens is 394 g/mol. The third-order valence-electron chi connectivity index (χ3n) is 4.75. The van der Waals surface area contributed by atoms with E-state index < -0.39 is 10.8 Å². The van der Waals surface area contributed by atoms with Crippen LogP contribution in [0.25, 0.3) is 16.9 Å². The summed E-state index contributed by atoms with van der Waals surface area (Å²) < 4.78 is 13.4. The molecule has 4 aromatic rings. The maximum atomic E-state index is 12.6. The van der Waals surface area contributed by atoms with Gasteiger partial charge in [0.25, 0.3) is 5.91 Å². The van der Waals surface area contributed by atoms with Gasteiger partial charge < -0.3 is 5.32 Å². The number of nitrogens with one attached hydrogen (secondary N) is 1. The maximum Gasteiger partial charge on any atom is 0.251 e. The van der Waals surface area contributed by atoms with Crippen molar-refractivity contribution in [2.45, 2.75) is 11.4 Å². The quantitative estimate of drug-likeness (QED) is 0.513. The van der Waals surface area contributed by atoms with E-state index in [0.717, 1.165) is 22.5 Å². The van der Waals surface area contributed by atoms with Crippen molar-refractivity contribution in [1.29, 1.82) is 0 Å². The van der Waals surface area contributed by atoms with Crippen LogP contribution in [0.1, 0.15) is 15.9 Å². The highest BCUT2D eigenvalue weighted by molar-refractivity contribution is 7.84. The summed E-state index contributed by atoms with van der Waals surface area (Å²) in [5.74, 6) is -0.185. The molecule has 1 aromatic heterocycles. The van der Waals surface area contributed by atoms with Crippen LogP contribution < -0.4 is 5.32 Å². The van der Waals surface area contributed by atoms with E-state index in [9.17, 15) is 9.00 Å². The van der Waals surface area contributed by atoms with E-state index in [1.165, 1.54) is 0 Å². The summed E-state index contributed by atoms with van der Waals surface area (Å²) in [4.78, 5) is 13.3. The van der Waals surface area contributed by atoms with Crippen LogP contribution in [-0.4, -0.2) is 26.2 Å². The molecule has 1 unspecified atom stereocenters. The Balaban J connectivity index is 1.59. The van der Waals surface area contributed by atoms with Crippen LogP contribution in [0.4, 0.5) is 0 Å². The molecule has 0 radical (unpaired) electrons. The van der Waals surface area contributed by atoms with Crippen LogP contribution in [0, 0.1) is 0 Å². The standard InChI is InChI=1S/C24H21N3O2S/c1-30(29)22-14-12-19(13-15-22)24(28)25-16-20-17-27(21-10-6-3-7-11-21)26-23(20)18-8-4-2-5-9-18/h2-15,17H,16H2,1H3,(H,25,28). The highest BCUT2D eigenvalue weighted by atomic mass is 32.2. The first-order chi connectivity index (χ1) is 14.6. The molecule has 1 atom stereocenters. The Hall–Kier alpha value is -3.51. The molecule has 0 aliphatic heterocycles. The van der Waals surface area contributed by atoms with Gasteiger partial charge in [0.1, 0.15) is 0 Å². The van der Waals surface area contributed by atoms with Crippen molar-refractivity contribution in [3.05, 3.63) is 102 Å². The van der Waals surface area contributed by atoms with E-state index in [-0.39, 0.29) is 5.91 Å². The summed E-state index contributed by atoms with van der Waals surface area (Å²) in [6.45, 7) is 0.345. The number of nitrogens with zero attached hydrogens (tertiary/aromatic N) is 2. The van der Waals surface area contributed by atoms with Crippen LogP contribution in [0.3, 0.4) is 0 Å². The van der Waals surface area contributed by atoms with E-state index in [1.807, 2.05) is 71.5 Å². The lowest BCUT2D eigenvalue weighted by atomic mass is 10.1. The van der Waals surface area contributed by atoms with Gasteiger partial charge in [-0.2, -0.15) is 5.10 Å². The Bertz CT molecular complexity index is 1170. The van der Waals surface area contributed by atoms with Crippen molar-refractivity contribution in [3.8, 4) is 16.9 Å². The van der Waals surface area contributed by atoms with Gasteiger partial charge in [0, 0.05) is 51.4 Å². The van der Waals surface area contributed by atoms with Crippen LogP contribution in [-0.2, 0) is 17.3 Å². The normalized spacial score (nSPS) is 11.8. The first kappa shape index (κ1) is 19.8. The minimum Gasteiger partial charge on any atom is -0.348 e. The molecule has 0 aliphatic rings. The summed E-state index contributed by atoms with van der Waals surface area (Å²) in [5.41, 5.74) is 4.23. The number of hydrogen-bond acceptors (Lipinski definition) is 3. The van der Waals surface area contributed by atoms with E-state index in [4.69, 9.17) is 5.10 Å².